The van der Waals surface area contributed by atoms with Gasteiger partial charge in [-0.05, 0) is 30.9 Å². The van der Waals surface area contributed by atoms with Gasteiger partial charge in [0, 0.05) is 18.7 Å². The molecule has 104 valence electrons. The highest BCUT2D eigenvalue weighted by Gasteiger charge is 2.24. The van der Waals surface area contributed by atoms with E-state index in [1.807, 2.05) is 0 Å². The van der Waals surface area contributed by atoms with Crippen molar-refractivity contribution in [3.8, 4) is 11.5 Å². The zero-order chi connectivity index (χ0) is 13.8. The number of methoxy groups -OCH3 is 1. The van der Waals surface area contributed by atoms with Crippen LogP contribution in [0.4, 0.5) is 0 Å². The Bertz CT molecular complexity index is 462. The number of carbonyl (C=O) groups excluding carboxylic acids is 1. The van der Waals surface area contributed by atoms with Crippen molar-refractivity contribution in [3.05, 3.63) is 23.8 Å². The smallest absolute Gasteiger partial charge is 0.255 e. The van der Waals surface area contributed by atoms with Gasteiger partial charge in [0.15, 0.2) is 0 Å². The number of carbonyl (C=O) groups is 1. The lowest BCUT2D eigenvalue weighted by molar-refractivity contribution is 0.0944. The number of benzene rings is 1. The third kappa shape index (κ3) is 3.17. The van der Waals surface area contributed by atoms with E-state index in [1.54, 1.807) is 12.1 Å². The summed E-state index contributed by atoms with van der Waals surface area (Å²) in [6.45, 7) is 0.561. The van der Waals surface area contributed by atoms with Gasteiger partial charge in [-0.3, -0.25) is 4.79 Å². The van der Waals surface area contributed by atoms with Crippen LogP contribution < -0.4 is 15.8 Å². The maximum Gasteiger partial charge on any atom is 0.255 e. The molecule has 0 spiro atoms. The average Bonchev–Trinajstić information content (AvgIpc) is 2.81. The first-order valence-corrected chi connectivity index (χ1v) is 6.52. The fourth-order valence-corrected chi connectivity index (χ4v) is 2.47. The van der Waals surface area contributed by atoms with Crippen molar-refractivity contribution in [2.75, 3.05) is 13.7 Å². The van der Waals surface area contributed by atoms with Crippen LogP contribution in [0.2, 0.25) is 0 Å². The van der Waals surface area contributed by atoms with Crippen LogP contribution in [0.15, 0.2) is 18.2 Å². The molecule has 0 aromatic heterocycles. The molecule has 0 heterocycles. The number of hydrogen-bond donors (Lipinski definition) is 3. The van der Waals surface area contributed by atoms with Crippen LogP contribution in [-0.2, 0) is 0 Å². The minimum absolute atomic E-state index is 0.0763. The molecule has 19 heavy (non-hydrogen) atoms. The van der Waals surface area contributed by atoms with E-state index in [0.29, 0.717) is 18.2 Å². The van der Waals surface area contributed by atoms with Gasteiger partial charge in [0.05, 0.1) is 12.7 Å². The largest absolute Gasteiger partial charge is 0.507 e. The molecular weight excluding hydrogens is 244 g/mol. The van der Waals surface area contributed by atoms with Crippen LogP contribution in [-0.4, -0.2) is 30.7 Å². The highest BCUT2D eigenvalue weighted by Crippen LogP contribution is 2.25. The van der Waals surface area contributed by atoms with E-state index in [2.05, 4.69) is 5.32 Å². The third-order valence-electron chi connectivity index (χ3n) is 3.69. The number of phenols is 1. The van der Waals surface area contributed by atoms with Crippen molar-refractivity contribution in [2.24, 2.45) is 11.7 Å². The van der Waals surface area contributed by atoms with Gasteiger partial charge in [-0.2, -0.15) is 0 Å². The van der Waals surface area contributed by atoms with E-state index in [-0.39, 0.29) is 23.3 Å². The maximum atomic E-state index is 12.0. The highest BCUT2D eigenvalue weighted by molar-refractivity contribution is 5.97. The number of nitrogens with one attached hydrogen (secondary N) is 1. The quantitative estimate of drug-likeness (QED) is 0.764. The average molecular weight is 264 g/mol. The molecule has 0 bridgehead atoms. The lowest BCUT2D eigenvalue weighted by atomic mass is 10.0. The first kappa shape index (κ1) is 13.7. The van der Waals surface area contributed by atoms with Crippen LogP contribution in [0, 0.1) is 5.92 Å². The van der Waals surface area contributed by atoms with E-state index >= 15 is 0 Å². The molecule has 1 aromatic rings. The van der Waals surface area contributed by atoms with E-state index in [0.717, 1.165) is 19.3 Å². The van der Waals surface area contributed by atoms with Gasteiger partial charge in [-0.1, -0.05) is 6.42 Å². The fourth-order valence-electron chi connectivity index (χ4n) is 2.47. The molecule has 1 aromatic carbocycles. The highest BCUT2D eigenvalue weighted by atomic mass is 16.5. The van der Waals surface area contributed by atoms with Gasteiger partial charge in [-0.15, -0.1) is 0 Å². The molecule has 5 heteroatoms. The molecule has 0 radical (unpaired) electrons. The Morgan fingerprint density at radius 3 is 2.89 bits per heavy atom. The van der Waals surface area contributed by atoms with Crippen LogP contribution in [0.5, 0.6) is 11.5 Å². The second kappa shape index (κ2) is 5.93. The number of nitrogens with two attached hydrogens (primary N) is 1. The molecule has 4 N–H and O–H groups in total. The van der Waals surface area contributed by atoms with Crippen molar-refractivity contribution < 1.29 is 14.6 Å². The van der Waals surface area contributed by atoms with Crippen LogP contribution in [0.25, 0.3) is 0 Å². The minimum atomic E-state index is -0.278. The normalized spacial score (nSPS) is 22.2. The zero-order valence-electron chi connectivity index (χ0n) is 11.1. The summed E-state index contributed by atoms with van der Waals surface area (Å²) in [5.74, 6) is 0.503. The van der Waals surface area contributed by atoms with E-state index < -0.39 is 0 Å². The Kier molecular flexibility index (Phi) is 4.27. The van der Waals surface area contributed by atoms with Crippen molar-refractivity contribution in [1.29, 1.82) is 0 Å². The fraction of sp³-hybridized carbons (Fsp3) is 0.500. The SMILES string of the molecule is COc1ccc(C(=O)NCC2CCCC2N)c(O)c1. The molecule has 1 aliphatic carbocycles. The van der Waals surface area contributed by atoms with Crippen LogP contribution in [0.1, 0.15) is 29.6 Å². The number of aromatic hydroxyl groups is 1. The van der Waals surface area contributed by atoms with Crippen molar-refractivity contribution in [3.63, 3.8) is 0 Å². The van der Waals surface area contributed by atoms with Crippen molar-refractivity contribution >= 4 is 5.91 Å². The number of phenolic OH excluding ortho intramolecular Hbond substituents is 1. The van der Waals surface area contributed by atoms with Crippen LogP contribution >= 0.6 is 0 Å². The summed E-state index contributed by atoms with van der Waals surface area (Å²) in [5.41, 5.74) is 6.21. The molecule has 0 aliphatic heterocycles. The summed E-state index contributed by atoms with van der Waals surface area (Å²) < 4.78 is 4.98. The number of hydrogen-bond acceptors (Lipinski definition) is 4. The van der Waals surface area contributed by atoms with E-state index in [1.165, 1.54) is 13.2 Å². The summed E-state index contributed by atoms with van der Waals surface area (Å²) in [4.78, 5) is 12.0. The topological polar surface area (TPSA) is 84.6 Å². The standard InChI is InChI=1S/C14H20N2O3/c1-19-10-5-6-11(13(17)7-10)14(18)16-8-9-3-2-4-12(9)15/h5-7,9,12,17H,2-4,8,15H2,1H3,(H,16,18). The third-order valence-corrected chi connectivity index (χ3v) is 3.69. The second-order valence-electron chi connectivity index (χ2n) is 4.95. The van der Waals surface area contributed by atoms with E-state index in [9.17, 15) is 9.90 Å². The van der Waals surface area contributed by atoms with Gasteiger partial charge in [0.2, 0.25) is 0 Å². The second-order valence-corrected chi connectivity index (χ2v) is 4.95. The summed E-state index contributed by atoms with van der Waals surface area (Å²) >= 11 is 0. The Labute approximate surface area is 112 Å². The molecule has 5 nitrogen and oxygen atoms in total. The Hall–Kier alpha value is -1.75. The van der Waals surface area contributed by atoms with Gasteiger partial charge in [-0.25, -0.2) is 0 Å². The van der Waals surface area contributed by atoms with Gasteiger partial charge in [0.1, 0.15) is 11.5 Å². The summed E-state index contributed by atoms with van der Waals surface area (Å²) in [6, 6.07) is 4.80. The maximum absolute atomic E-state index is 12.0. The molecule has 1 fully saturated rings. The molecule has 0 saturated heterocycles. The monoisotopic (exact) mass is 264 g/mol. The summed E-state index contributed by atoms with van der Waals surface area (Å²) in [6.07, 6.45) is 3.19. The van der Waals surface area contributed by atoms with Crippen molar-refractivity contribution in [1.82, 2.24) is 5.32 Å². The molecule has 1 saturated carbocycles. The van der Waals surface area contributed by atoms with Gasteiger partial charge in [0.25, 0.3) is 5.91 Å². The van der Waals surface area contributed by atoms with Crippen molar-refractivity contribution in [2.45, 2.75) is 25.3 Å². The zero-order valence-corrected chi connectivity index (χ0v) is 11.1. The van der Waals surface area contributed by atoms with E-state index in [4.69, 9.17) is 10.5 Å². The first-order valence-electron chi connectivity index (χ1n) is 6.52. The molecule has 1 aliphatic rings. The van der Waals surface area contributed by atoms with Crippen LogP contribution in [0.3, 0.4) is 0 Å². The minimum Gasteiger partial charge on any atom is -0.507 e. The summed E-state index contributed by atoms with van der Waals surface area (Å²) in [5, 5.41) is 12.6. The number of amides is 1. The molecular formula is C14H20N2O3. The number of ether oxygens (including phenoxy) is 1. The summed E-state index contributed by atoms with van der Waals surface area (Å²) in [7, 11) is 1.51. The lowest BCUT2D eigenvalue weighted by Gasteiger charge is -2.16. The van der Waals surface area contributed by atoms with Gasteiger partial charge >= 0.3 is 0 Å². The predicted molar refractivity (Wildman–Crippen MR) is 72.3 cm³/mol. The predicted octanol–water partition coefficient (Wildman–Crippen LogP) is 1.26. The van der Waals surface area contributed by atoms with Gasteiger partial charge < -0.3 is 20.9 Å². The lowest BCUT2D eigenvalue weighted by Crippen LogP contribution is -2.36. The number of rotatable bonds is 4. The Balaban J connectivity index is 1.96. The molecule has 1 amide bonds. The molecule has 2 atom stereocenters. The molecule has 2 unspecified atom stereocenters. The Morgan fingerprint density at radius 2 is 2.32 bits per heavy atom. The first-order chi connectivity index (χ1) is 9.11. The molecule has 2 rings (SSSR count). The Morgan fingerprint density at radius 1 is 1.53 bits per heavy atom.